The molecule has 0 bridgehead atoms. The van der Waals surface area contributed by atoms with Crippen molar-refractivity contribution in [1.82, 2.24) is 19.8 Å². The van der Waals surface area contributed by atoms with Crippen molar-refractivity contribution in [3.05, 3.63) is 48.3 Å². The minimum atomic E-state index is 0.470. The number of anilines is 2. The highest BCUT2D eigenvalue weighted by Crippen LogP contribution is 2.18. The zero-order valence-corrected chi connectivity index (χ0v) is 17.1. The van der Waals surface area contributed by atoms with Crippen LogP contribution in [-0.4, -0.2) is 78.3 Å². The zero-order valence-electron chi connectivity index (χ0n) is 17.1. The Hall–Kier alpha value is -2.22. The van der Waals surface area contributed by atoms with Crippen LogP contribution >= 0.6 is 0 Å². The lowest BCUT2D eigenvalue weighted by molar-refractivity contribution is 0.0398. The van der Waals surface area contributed by atoms with Gasteiger partial charge in [-0.3, -0.25) is 9.80 Å². The summed E-state index contributed by atoms with van der Waals surface area (Å²) in [6, 6.07) is 13.2. The van der Waals surface area contributed by atoms with Gasteiger partial charge in [0.15, 0.2) is 0 Å². The Morgan fingerprint density at radius 2 is 1.69 bits per heavy atom. The molecule has 7 heteroatoms. The van der Waals surface area contributed by atoms with E-state index in [1.807, 2.05) is 6.07 Å². The molecule has 0 aliphatic carbocycles. The summed E-state index contributed by atoms with van der Waals surface area (Å²) >= 11 is 0. The predicted molar refractivity (Wildman–Crippen MR) is 116 cm³/mol. The average molecular weight is 397 g/mol. The number of morpholine rings is 1. The molecule has 29 heavy (non-hydrogen) atoms. The van der Waals surface area contributed by atoms with Gasteiger partial charge in [0.1, 0.15) is 18.0 Å². The molecule has 2 aliphatic rings. The molecule has 1 aromatic heterocycles. The number of hydrogen-bond acceptors (Lipinski definition) is 7. The molecule has 0 saturated carbocycles. The second-order valence-corrected chi connectivity index (χ2v) is 7.85. The molecule has 1 aromatic carbocycles. The van der Waals surface area contributed by atoms with E-state index in [2.05, 4.69) is 60.7 Å². The van der Waals surface area contributed by atoms with Crippen molar-refractivity contribution >= 4 is 11.6 Å². The summed E-state index contributed by atoms with van der Waals surface area (Å²) in [5.74, 6) is 1.80. The van der Waals surface area contributed by atoms with Crippen molar-refractivity contribution < 1.29 is 4.74 Å². The molecular formula is C22H32N6O. The lowest BCUT2D eigenvalue weighted by Crippen LogP contribution is -2.39. The maximum atomic E-state index is 5.39. The van der Waals surface area contributed by atoms with Gasteiger partial charge < -0.3 is 15.4 Å². The fourth-order valence-corrected chi connectivity index (χ4v) is 3.99. The first-order valence-corrected chi connectivity index (χ1v) is 10.7. The monoisotopic (exact) mass is 396 g/mol. The van der Waals surface area contributed by atoms with Crippen LogP contribution in [0.3, 0.4) is 0 Å². The van der Waals surface area contributed by atoms with Gasteiger partial charge in [-0.05, 0) is 18.4 Å². The van der Waals surface area contributed by atoms with E-state index in [9.17, 15) is 0 Å². The van der Waals surface area contributed by atoms with Gasteiger partial charge in [-0.2, -0.15) is 0 Å². The van der Waals surface area contributed by atoms with Crippen LogP contribution in [-0.2, 0) is 11.3 Å². The Labute approximate surface area is 173 Å². The van der Waals surface area contributed by atoms with Crippen LogP contribution in [0.5, 0.6) is 0 Å². The van der Waals surface area contributed by atoms with Gasteiger partial charge in [0.25, 0.3) is 0 Å². The summed E-state index contributed by atoms with van der Waals surface area (Å²) in [6.45, 7) is 8.87. The third-order valence-corrected chi connectivity index (χ3v) is 5.69. The molecule has 2 saturated heterocycles. The van der Waals surface area contributed by atoms with Crippen molar-refractivity contribution in [2.45, 2.75) is 25.4 Å². The van der Waals surface area contributed by atoms with Crippen molar-refractivity contribution in [2.24, 2.45) is 0 Å². The first-order chi connectivity index (χ1) is 14.3. The first-order valence-electron chi connectivity index (χ1n) is 10.7. The van der Waals surface area contributed by atoms with E-state index in [-0.39, 0.29) is 0 Å². The largest absolute Gasteiger partial charge is 0.379 e. The highest BCUT2D eigenvalue weighted by Gasteiger charge is 2.19. The fourth-order valence-electron chi connectivity index (χ4n) is 3.99. The molecule has 7 nitrogen and oxygen atoms in total. The van der Waals surface area contributed by atoms with Crippen LogP contribution in [0.1, 0.15) is 18.4 Å². The van der Waals surface area contributed by atoms with Gasteiger partial charge in [0.05, 0.1) is 13.2 Å². The summed E-state index contributed by atoms with van der Waals surface area (Å²) in [7, 11) is 0. The first kappa shape index (κ1) is 20.1. The molecule has 2 fully saturated rings. The topological polar surface area (TPSA) is 65.5 Å². The van der Waals surface area contributed by atoms with Crippen LogP contribution in [0.4, 0.5) is 11.6 Å². The number of rotatable bonds is 8. The normalized spacial score (nSPS) is 19.2. The minimum absolute atomic E-state index is 0.470. The molecule has 0 radical (unpaired) electrons. The van der Waals surface area contributed by atoms with Crippen LogP contribution in [0.15, 0.2) is 42.7 Å². The van der Waals surface area contributed by atoms with E-state index >= 15 is 0 Å². The molecule has 2 N–H and O–H groups in total. The van der Waals surface area contributed by atoms with Crippen molar-refractivity contribution in [1.29, 1.82) is 0 Å². The Morgan fingerprint density at radius 1 is 0.931 bits per heavy atom. The molecule has 2 aliphatic heterocycles. The molecule has 156 valence electrons. The van der Waals surface area contributed by atoms with Gasteiger partial charge in [-0.15, -0.1) is 0 Å². The summed E-state index contributed by atoms with van der Waals surface area (Å²) in [6.07, 6.45) is 3.91. The quantitative estimate of drug-likeness (QED) is 0.710. The zero-order chi connectivity index (χ0) is 19.7. The van der Waals surface area contributed by atoms with Gasteiger partial charge in [0, 0.05) is 57.9 Å². The number of ether oxygens (including phenoxy) is 1. The van der Waals surface area contributed by atoms with Crippen molar-refractivity contribution in [3.8, 4) is 0 Å². The number of aromatic nitrogens is 2. The fraction of sp³-hybridized carbons (Fsp3) is 0.545. The number of likely N-dealkylation sites (tertiary alicyclic amines) is 1. The molecule has 0 atom stereocenters. The smallest absolute Gasteiger partial charge is 0.131 e. The maximum Gasteiger partial charge on any atom is 0.131 e. The number of benzene rings is 1. The maximum absolute atomic E-state index is 5.39. The molecule has 0 unspecified atom stereocenters. The van der Waals surface area contributed by atoms with E-state index in [1.54, 1.807) is 6.33 Å². The molecule has 0 spiro atoms. The van der Waals surface area contributed by atoms with E-state index in [1.165, 1.54) is 5.56 Å². The van der Waals surface area contributed by atoms with Crippen LogP contribution < -0.4 is 10.6 Å². The van der Waals surface area contributed by atoms with Gasteiger partial charge >= 0.3 is 0 Å². The molecule has 4 rings (SSSR count). The lowest BCUT2D eigenvalue weighted by atomic mass is 10.0. The Morgan fingerprint density at radius 3 is 2.48 bits per heavy atom. The summed E-state index contributed by atoms with van der Waals surface area (Å²) < 4.78 is 5.39. The summed E-state index contributed by atoms with van der Waals surface area (Å²) in [5.41, 5.74) is 1.39. The van der Waals surface area contributed by atoms with Crippen LogP contribution in [0, 0.1) is 0 Å². The molecule has 3 heterocycles. The second kappa shape index (κ2) is 10.5. The number of nitrogens with zero attached hydrogens (tertiary/aromatic N) is 4. The van der Waals surface area contributed by atoms with Gasteiger partial charge in [-0.25, -0.2) is 9.97 Å². The number of piperidine rings is 1. The highest BCUT2D eigenvalue weighted by molar-refractivity contribution is 5.47. The van der Waals surface area contributed by atoms with E-state index < -0.39 is 0 Å². The van der Waals surface area contributed by atoms with Gasteiger partial charge in [0.2, 0.25) is 0 Å². The lowest BCUT2D eigenvalue weighted by Gasteiger charge is -2.32. The third-order valence-electron chi connectivity index (χ3n) is 5.69. The second-order valence-electron chi connectivity index (χ2n) is 7.85. The molecule has 0 amide bonds. The standard InChI is InChI=1S/C22H32N6O/c1-2-4-19(5-3-1)17-28-9-6-20(7-10-28)26-22-16-21(24-18-25-22)23-8-11-27-12-14-29-15-13-27/h1-5,16,18,20H,6-15,17H2,(H2,23,24,25,26). The van der Waals surface area contributed by atoms with Crippen LogP contribution in [0.2, 0.25) is 0 Å². The minimum Gasteiger partial charge on any atom is -0.379 e. The average Bonchev–Trinajstić information content (AvgIpc) is 2.77. The predicted octanol–water partition coefficient (Wildman–Crippen LogP) is 2.30. The molecule has 2 aromatic rings. The number of hydrogen-bond donors (Lipinski definition) is 2. The van der Waals surface area contributed by atoms with Crippen molar-refractivity contribution in [2.75, 3.05) is 63.1 Å². The Bertz CT molecular complexity index is 729. The SMILES string of the molecule is c1ccc(CN2CCC(Nc3cc(NCCN4CCOCC4)ncn3)CC2)cc1. The van der Waals surface area contributed by atoms with Crippen molar-refractivity contribution in [3.63, 3.8) is 0 Å². The van der Waals surface area contributed by atoms with Crippen LogP contribution in [0.25, 0.3) is 0 Å². The Kier molecular flexibility index (Phi) is 7.28. The van der Waals surface area contributed by atoms with E-state index in [0.29, 0.717) is 6.04 Å². The van der Waals surface area contributed by atoms with Gasteiger partial charge in [-0.1, -0.05) is 30.3 Å². The summed E-state index contributed by atoms with van der Waals surface area (Å²) in [4.78, 5) is 13.7. The third kappa shape index (κ3) is 6.39. The van der Waals surface area contributed by atoms with E-state index in [4.69, 9.17) is 4.74 Å². The Balaban J connectivity index is 1.19. The summed E-state index contributed by atoms with van der Waals surface area (Å²) in [5, 5.41) is 7.02. The number of nitrogens with one attached hydrogen (secondary N) is 2. The molecular weight excluding hydrogens is 364 g/mol. The van der Waals surface area contributed by atoms with E-state index in [0.717, 1.165) is 83.5 Å². The highest BCUT2D eigenvalue weighted by atomic mass is 16.5.